The molecule has 2 aromatic carbocycles. The second kappa shape index (κ2) is 9.60. The molecule has 24 heavy (non-hydrogen) atoms. The average molecular weight is 328 g/mol. The number of methoxy groups -OCH3 is 1. The van der Waals surface area contributed by atoms with Gasteiger partial charge in [-0.25, -0.2) is 4.79 Å². The monoisotopic (exact) mass is 328 g/mol. The first-order valence-corrected chi connectivity index (χ1v) is 8.32. The van der Waals surface area contributed by atoms with Crippen LogP contribution in [0, 0.1) is 0 Å². The van der Waals surface area contributed by atoms with Gasteiger partial charge in [-0.05, 0) is 55.0 Å². The molecule has 4 nitrogen and oxygen atoms in total. The van der Waals surface area contributed by atoms with Crippen molar-refractivity contribution in [2.24, 2.45) is 0 Å². The van der Waals surface area contributed by atoms with E-state index in [1.54, 1.807) is 55.6 Å². The summed E-state index contributed by atoms with van der Waals surface area (Å²) >= 11 is 0. The second-order valence-corrected chi connectivity index (χ2v) is 5.50. The molecule has 0 atom stereocenters. The number of hydrogen-bond donors (Lipinski definition) is 0. The molecule has 0 unspecified atom stereocenters. The lowest BCUT2D eigenvalue weighted by molar-refractivity contribution is 0.0734. The molecule has 4 heteroatoms. The molecule has 0 radical (unpaired) electrons. The standard InChI is InChI=1S/C20H24O4/c1-3-4-5-6-15-23-18-9-7-16(8-10-18)20(21)24-19-13-11-17(22-2)12-14-19/h7-14H,3-6,15H2,1-2H3. The number of hydrogen-bond acceptors (Lipinski definition) is 4. The highest BCUT2D eigenvalue weighted by Gasteiger charge is 2.09. The number of carbonyl (C=O) groups excluding carboxylic acids is 1. The smallest absolute Gasteiger partial charge is 0.343 e. The maximum Gasteiger partial charge on any atom is 0.343 e. The van der Waals surface area contributed by atoms with E-state index in [2.05, 4.69) is 6.92 Å². The zero-order chi connectivity index (χ0) is 17.2. The van der Waals surface area contributed by atoms with Crippen LogP contribution in [0.15, 0.2) is 48.5 Å². The van der Waals surface area contributed by atoms with Gasteiger partial charge in [0.1, 0.15) is 17.2 Å². The number of rotatable bonds is 9. The van der Waals surface area contributed by atoms with Crippen molar-refractivity contribution in [1.29, 1.82) is 0 Å². The Kier molecular flexibility index (Phi) is 7.15. The van der Waals surface area contributed by atoms with Crippen LogP contribution in [0.3, 0.4) is 0 Å². The Morgan fingerprint density at radius 3 is 2.08 bits per heavy atom. The Balaban J connectivity index is 1.83. The normalized spacial score (nSPS) is 10.2. The number of carbonyl (C=O) groups is 1. The summed E-state index contributed by atoms with van der Waals surface area (Å²) in [6.07, 6.45) is 4.68. The Hall–Kier alpha value is -2.49. The molecule has 0 saturated heterocycles. The largest absolute Gasteiger partial charge is 0.497 e. The van der Waals surface area contributed by atoms with Crippen LogP contribution in [0.4, 0.5) is 0 Å². The van der Waals surface area contributed by atoms with Crippen molar-refractivity contribution in [2.45, 2.75) is 32.6 Å². The highest BCUT2D eigenvalue weighted by atomic mass is 16.5. The van der Waals surface area contributed by atoms with E-state index in [-0.39, 0.29) is 0 Å². The van der Waals surface area contributed by atoms with Crippen LogP contribution < -0.4 is 14.2 Å². The molecule has 0 saturated carbocycles. The lowest BCUT2D eigenvalue weighted by Gasteiger charge is -2.08. The van der Waals surface area contributed by atoms with E-state index < -0.39 is 5.97 Å². The van der Waals surface area contributed by atoms with Crippen molar-refractivity contribution in [3.05, 3.63) is 54.1 Å². The summed E-state index contributed by atoms with van der Waals surface area (Å²) in [4.78, 5) is 12.1. The first kappa shape index (κ1) is 17.9. The van der Waals surface area contributed by atoms with E-state index in [1.807, 2.05) is 0 Å². The SMILES string of the molecule is CCCCCCOc1ccc(C(=O)Oc2ccc(OC)cc2)cc1. The quantitative estimate of drug-likeness (QED) is 0.374. The van der Waals surface area contributed by atoms with Gasteiger partial charge < -0.3 is 14.2 Å². The third kappa shape index (κ3) is 5.61. The van der Waals surface area contributed by atoms with Gasteiger partial charge in [-0.1, -0.05) is 26.2 Å². The lowest BCUT2D eigenvalue weighted by atomic mass is 10.2. The number of ether oxygens (including phenoxy) is 3. The van der Waals surface area contributed by atoms with Crippen LogP contribution >= 0.6 is 0 Å². The van der Waals surface area contributed by atoms with Crippen molar-refractivity contribution in [3.8, 4) is 17.2 Å². The minimum atomic E-state index is -0.394. The number of esters is 1. The van der Waals surface area contributed by atoms with E-state index in [0.717, 1.165) is 17.9 Å². The second-order valence-electron chi connectivity index (χ2n) is 5.50. The highest BCUT2D eigenvalue weighted by molar-refractivity contribution is 5.91. The maximum atomic E-state index is 12.1. The summed E-state index contributed by atoms with van der Waals surface area (Å²) in [7, 11) is 1.59. The van der Waals surface area contributed by atoms with Crippen LogP contribution in [0.2, 0.25) is 0 Å². The van der Waals surface area contributed by atoms with E-state index >= 15 is 0 Å². The first-order valence-electron chi connectivity index (χ1n) is 8.32. The molecule has 0 heterocycles. The minimum absolute atomic E-state index is 0.394. The summed E-state index contributed by atoms with van der Waals surface area (Å²) in [5, 5.41) is 0. The van der Waals surface area contributed by atoms with Crippen molar-refractivity contribution < 1.29 is 19.0 Å². The third-order valence-corrected chi connectivity index (χ3v) is 3.63. The van der Waals surface area contributed by atoms with E-state index in [0.29, 0.717) is 17.9 Å². The first-order chi connectivity index (χ1) is 11.7. The molecule has 0 aliphatic rings. The highest BCUT2D eigenvalue weighted by Crippen LogP contribution is 2.19. The predicted octanol–water partition coefficient (Wildman–Crippen LogP) is 4.87. The van der Waals surface area contributed by atoms with Gasteiger partial charge in [0.05, 0.1) is 19.3 Å². The van der Waals surface area contributed by atoms with Gasteiger partial charge in [-0.3, -0.25) is 0 Å². The summed E-state index contributed by atoms with van der Waals surface area (Å²) in [5.41, 5.74) is 0.490. The van der Waals surface area contributed by atoms with E-state index in [4.69, 9.17) is 14.2 Å². The zero-order valence-corrected chi connectivity index (χ0v) is 14.3. The summed E-state index contributed by atoms with van der Waals surface area (Å²) < 4.78 is 16.1. The van der Waals surface area contributed by atoms with Crippen LogP contribution in [0.1, 0.15) is 43.0 Å². The topological polar surface area (TPSA) is 44.8 Å². The van der Waals surface area contributed by atoms with Crippen LogP contribution in [-0.2, 0) is 0 Å². The van der Waals surface area contributed by atoms with Crippen molar-refractivity contribution >= 4 is 5.97 Å². The summed E-state index contributed by atoms with van der Waals surface area (Å²) in [6, 6.07) is 13.9. The molecule has 2 rings (SSSR count). The Morgan fingerprint density at radius 2 is 1.46 bits per heavy atom. The van der Waals surface area contributed by atoms with Crippen molar-refractivity contribution in [2.75, 3.05) is 13.7 Å². The molecular formula is C20H24O4. The molecule has 0 aromatic heterocycles. The van der Waals surface area contributed by atoms with Crippen molar-refractivity contribution in [1.82, 2.24) is 0 Å². The third-order valence-electron chi connectivity index (χ3n) is 3.63. The van der Waals surface area contributed by atoms with Gasteiger partial charge in [0.15, 0.2) is 0 Å². The Morgan fingerprint density at radius 1 is 0.833 bits per heavy atom. The van der Waals surface area contributed by atoms with Gasteiger partial charge in [-0.15, -0.1) is 0 Å². The number of benzene rings is 2. The maximum absolute atomic E-state index is 12.1. The number of unbranched alkanes of at least 4 members (excludes halogenated alkanes) is 3. The fourth-order valence-electron chi connectivity index (χ4n) is 2.22. The van der Waals surface area contributed by atoms with Crippen LogP contribution in [0.5, 0.6) is 17.2 Å². The molecule has 128 valence electrons. The van der Waals surface area contributed by atoms with Gasteiger partial charge in [-0.2, -0.15) is 0 Å². The summed E-state index contributed by atoms with van der Waals surface area (Å²) in [5.74, 6) is 1.58. The Bertz CT molecular complexity index is 617. The van der Waals surface area contributed by atoms with Crippen LogP contribution in [0.25, 0.3) is 0 Å². The van der Waals surface area contributed by atoms with E-state index in [9.17, 15) is 4.79 Å². The van der Waals surface area contributed by atoms with Crippen LogP contribution in [-0.4, -0.2) is 19.7 Å². The molecule has 0 bridgehead atoms. The molecule has 0 spiro atoms. The fraction of sp³-hybridized carbons (Fsp3) is 0.350. The van der Waals surface area contributed by atoms with Gasteiger partial charge >= 0.3 is 5.97 Å². The molecular weight excluding hydrogens is 304 g/mol. The van der Waals surface area contributed by atoms with Gasteiger partial charge in [0.2, 0.25) is 0 Å². The fourth-order valence-corrected chi connectivity index (χ4v) is 2.22. The summed E-state index contributed by atoms with van der Waals surface area (Å²) in [6.45, 7) is 2.89. The molecule has 0 aliphatic carbocycles. The van der Waals surface area contributed by atoms with Gasteiger partial charge in [0.25, 0.3) is 0 Å². The van der Waals surface area contributed by atoms with Gasteiger partial charge in [0, 0.05) is 0 Å². The minimum Gasteiger partial charge on any atom is -0.497 e. The average Bonchev–Trinajstić information content (AvgIpc) is 2.62. The molecule has 0 amide bonds. The Labute approximate surface area is 143 Å². The molecule has 0 aliphatic heterocycles. The molecule has 2 aromatic rings. The molecule has 0 N–H and O–H groups in total. The lowest BCUT2D eigenvalue weighted by Crippen LogP contribution is -2.08. The predicted molar refractivity (Wildman–Crippen MR) is 94.0 cm³/mol. The zero-order valence-electron chi connectivity index (χ0n) is 14.3. The molecule has 0 fully saturated rings. The van der Waals surface area contributed by atoms with Crippen molar-refractivity contribution in [3.63, 3.8) is 0 Å². The van der Waals surface area contributed by atoms with E-state index in [1.165, 1.54) is 19.3 Å².